The molecule has 0 radical (unpaired) electrons. The molecular formula is C16H25BrO. The van der Waals surface area contributed by atoms with Gasteiger partial charge >= 0.3 is 0 Å². The molecule has 0 heterocycles. The molecule has 102 valence electrons. The van der Waals surface area contributed by atoms with E-state index in [2.05, 4.69) is 68.7 Å². The first-order chi connectivity index (χ1) is 8.31. The highest BCUT2D eigenvalue weighted by molar-refractivity contribution is 9.09. The summed E-state index contributed by atoms with van der Waals surface area (Å²) in [6.07, 6.45) is 0. The molecule has 0 aliphatic rings. The summed E-state index contributed by atoms with van der Waals surface area (Å²) in [4.78, 5) is 0. The number of hydrogen-bond donors (Lipinski definition) is 0. The number of ether oxygens (including phenoxy) is 1. The third-order valence-electron chi connectivity index (χ3n) is 3.43. The summed E-state index contributed by atoms with van der Waals surface area (Å²) in [5.74, 6) is 2.17. The molecule has 0 amide bonds. The maximum absolute atomic E-state index is 5.49. The van der Waals surface area contributed by atoms with E-state index in [1.165, 1.54) is 11.1 Å². The molecule has 0 aromatic heterocycles. The highest BCUT2D eigenvalue weighted by Crippen LogP contribution is 2.35. The van der Waals surface area contributed by atoms with Crippen molar-refractivity contribution >= 4 is 15.9 Å². The van der Waals surface area contributed by atoms with Crippen molar-refractivity contribution in [2.24, 2.45) is 5.92 Å². The number of halogens is 1. The molecule has 0 saturated carbocycles. The van der Waals surface area contributed by atoms with Crippen LogP contribution in [0.4, 0.5) is 0 Å². The quantitative estimate of drug-likeness (QED) is 0.700. The molecule has 1 unspecified atom stereocenters. The Morgan fingerprint density at radius 3 is 2.22 bits per heavy atom. The SMILES string of the molecule is COc1ccc(C(CBr)C(C)C)cc1C(C)(C)C. The molecule has 1 atom stereocenters. The largest absolute Gasteiger partial charge is 0.496 e. The Morgan fingerprint density at radius 1 is 1.22 bits per heavy atom. The van der Waals surface area contributed by atoms with Crippen molar-refractivity contribution < 1.29 is 4.74 Å². The van der Waals surface area contributed by atoms with Crippen molar-refractivity contribution in [3.8, 4) is 5.75 Å². The number of methoxy groups -OCH3 is 1. The minimum absolute atomic E-state index is 0.106. The van der Waals surface area contributed by atoms with E-state index in [1.807, 2.05) is 0 Å². The van der Waals surface area contributed by atoms with Gasteiger partial charge in [-0.25, -0.2) is 0 Å². The molecule has 1 aromatic carbocycles. The zero-order valence-electron chi connectivity index (χ0n) is 12.4. The Kier molecular flexibility index (Phi) is 5.27. The summed E-state index contributed by atoms with van der Waals surface area (Å²) in [6.45, 7) is 11.2. The van der Waals surface area contributed by atoms with Crippen LogP contribution in [-0.2, 0) is 5.41 Å². The van der Waals surface area contributed by atoms with E-state index >= 15 is 0 Å². The normalized spacial score (nSPS) is 13.8. The Balaban J connectivity index is 3.26. The first-order valence-corrected chi connectivity index (χ1v) is 7.67. The fourth-order valence-electron chi connectivity index (χ4n) is 2.19. The first kappa shape index (κ1) is 15.6. The zero-order chi connectivity index (χ0) is 13.9. The van der Waals surface area contributed by atoms with Crippen LogP contribution >= 0.6 is 15.9 Å². The fraction of sp³-hybridized carbons (Fsp3) is 0.625. The van der Waals surface area contributed by atoms with Crippen molar-refractivity contribution in [1.82, 2.24) is 0 Å². The molecular weight excluding hydrogens is 288 g/mol. The maximum atomic E-state index is 5.49. The molecule has 18 heavy (non-hydrogen) atoms. The van der Waals surface area contributed by atoms with Crippen molar-refractivity contribution in [2.45, 2.75) is 46.0 Å². The van der Waals surface area contributed by atoms with Gasteiger partial charge in [-0.15, -0.1) is 0 Å². The lowest BCUT2D eigenvalue weighted by Crippen LogP contribution is -2.15. The second-order valence-electron chi connectivity index (χ2n) is 6.21. The number of hydrogen-bond acceptors (Lipinski definition) is 1. The third-order valence-corrected chi connectivity index (χ3v) is 4.13. The van der Waals surface area contributed by atoms with E-state index in [0.29, 0.717) is 11.8 Å². The third kappa shape index (κ3) is 3.50. The molecule has 0 saturated heterocycles. The average Bonchev–Trinajstić information content (AvgIpc) is 2.28. The second-order valence-corrected chi connectivity index (χ2v) is 6.86. The summed E-state index contributed by atoms with van der Waals surface area (Å²) < 4.78 is 5.49. The van der Waals surface area contributed by atoms with E-state index in [4.69, 9.17) is 4.74 Å². The lowest BCUT2D eigenvalue weighted by atomic mass is 9.82. The van der Waals surface area contributed by atoms with Gasteiger partial charge in [-0.3, -0.25) is 0 Å². The smallest absolute Gasteiger partial charge is 0.122 e. The second kappa shape index (κ2) is 6.10. The van der Waals surface area contributed by atoms with Gasteiger partial charge in [-0.05, 0) is 34.4 Å². The highest BCUT2D eigenvalue weighted by atomic mass is 79.9. The van der Waals surface area contributed by atoms with Crippen molar-refractivity contribution in [3.05, 3.63) is 29.3 Å². The number of benzene rings is 1. The summed E-state index contributed by atoms with van der Waals surface area (Å²) >= 11 is 3.63. The number of alkyl halides is 1. The van der Waals surface area contributed by atoms with Crippen LogP contribution in [0.3, 0.4) is 0 Å². The van der Waals surface area contributed by atoms with E-state index in [0.717, 1.165) is 11.1 Å². The van der Waals surface area contributed by atoms with Crippen molar-refractivity contribution in [1.29, 1.82) is 0 Å². The summed E-state index contributed by atoms with van der Waals surface area (Å²) in [7, 11) is 1.74. The van der Waals surface area contributed by atoms with Crippen LogP contribution in [0.2, 0.25) is 0 Å². The van der Waals surface area contributed by atoms with Gasteiger partial charge < -0.3 is 4.74 Å². The predicted octanol–water partition coefficient (Wildman–Crippen LogP) is 5.13. The molecule has 0 aliphatic heterocycles. The van der Waals surface area contributed by atoms with Gasteiger partial charge in [0.2, 0.25) is 0 Å². The number of rotatable bonds is 4. The van der Waals surface area contributed by atoms with Crippen LogP contribution in [0, 0.1) is 5.92 Å². The van der Waals surface area contributed by atoms with Crippen LogP contribution in [0.5, 0.6) is 5.75 Å². The van der Waals surface area contributed by atoms with E-state index in [9.17, 15) is 0 Å². The van der Waals surface area contributed by atoms with Crippen LogP contribution in [0.1, 0.15) is 51.7 Å². The summed E-state index contributed by atoms with van der Waals surface area (Å²) in [5.41, 5.74) is 2.79. The Labute approximate surface area is 120 Å². The van der Waals surface area contributed by atoms with Crippen molar-refractivity contribution in [3.63, 3.8) is 0 Å². The summed E-state index contributed by atoms with van der Waals surface area (Å²) in [5, 5.41) is 1.00. The molecule has 0 fully saturated rings. The van der Waals surface area contributed by atoms with Gasteiger partial charge in [0.1, 0.15) is 5.75 Å². The standard InChI is InChI=1S/C16H25BrO/c1-11(2)13(10-17)12-7-8-15(18-6)14(9-12)16(3,4)5/h7-9,11,13H,10H2,1-6H3. The van der Waals surface area contributed by atoms with E-state index in [1.54, 1.807) is 7.11 Å². The Morgan fingerprint density at radius 2 is 1.83 bits per heavy atom. The molecule has 0 aliphatic carbocycles. The van der Waals surface area contributed by atoms with E-state index in [-0.39, 0.29) is 5.41 Å². The zero-order valence-corrected chi connectivity index (χ0v) is 14.0. The first-order valence-electron chi connectivity index (χ1n) is 6.55. The van der Waals surface area contributed by atoms with Gasteiger partial charge in [0, 0.05) is 5.33 Å². The molecule has 2 heteroatoms. The minimum Gasteiger partial charge on any atom is -0.496 e. The lowest BCUT2D eigenvalue weighted by molar-refractivity contribution is 0.396. The van der Waals surface area contributed by atoms with E-state index < -0.39 is 0 Å². The fourth-order valence-corrected chi connectivity index (χ4v) is 3.32. The van der Waals surface area contributed by atoms with Gasteiger partial charge in [-0.1, -0.05) is 62.7 Å². The molecule has 0 N–H and O–H groups in total. The van der Waals surface area contributed by atoms with Gasteiger partial charge in [-0.2, -0.15) is 0 Å². The predicted molar refractivity (Wildman–Crippen MR) is 83.1 cm³/mol. The summed E-state index contributed by atoms with van der Waals surface area (Å²) in [6, 6.07) is 6.61. The van der Waals surface area contributed by atoms with Gasteiger partial charge in [0.15, 0.2) is 0 Å². The molecule has 1 rings (SSSR count). The molecule has 1 aromatic rings. The Bertz CT molecular complexity index is 391. The van der Waals surface area contributed by atoms with Gasteiger partial charge in [0.05, 0.1) is 7.11 Å². The van der Waals surface area contributed by atoms with Crippen LogP contribution in [-0.4, -0.2) is 12.4 Å². The van der Waals surface area contributed by atoms with Crippen LogP contribution in [0.25, 0.3) is 0 Å². The molecule has 0 bridgehead atoms. The Hall–Kier alpha value is -0.500. The lowest BCUT2D eigenvalue weighted by Gasteiger charge is -2.26. The van der Waals surface area contributed by atoms with Gasteiger partial charge in [0.25, 0.3) is 0 Å². The average molecular weight is 313 g/mol. The maximum Gasteiger partial charge on any atom is 0.122 e. The van der Waals surface area contributed by atoms with Crippen molar-refractivity contribution in [2.75, 3.05) is 12.4 Å². The topological polar surface area (TPSA) is 9.23 Å². The highest BCUT2D eigenvalue weighted by Gasteiger charge is 2.22. The molecule has 1 nitrogen and oxygen atoms in total. The van der Waals surface area contributed by atoms with Crippen LogP contribution < -0.4 is 4.74 Å². The minimum atomic E-state index is 0.106. The molecule has 0 spiro atoms. The van der Waals surface area contributed by atoms with Crippen LogP contribution in [0.15, 0.2) is 18.2 Å². The monoisotopic (exact) mass is 312 g/mol.